The average molecular weight is 340 g/mol. The normalized spacial score (nSPS) is 12.8. The summed E-state index contributed by atoms with van der Waals surface area (Å²) in [6.07, 6.45) is 0. The first-order valence-electron chi connectivity index (χ1n) is 4.41. The van der Waals surface area contributed by atoms with Gasteiger partial charge in [-0.3, -0.25) is 0 Å². The van der Waals surface area contributed by atoms with Gasteiger partial charge >= 0.3 is 0 Å². The third-order valence-corrected chi connectivity index (χ3v) is 4.61. The summed E-state index contributed by atoms with van der Waals surface area (Å²) in [5.41, 5.74) is 0.439. The summed E-state index contributed by atoms with van der Waals surface area (Å²) in [5, 5.41) is 1.87. The molecule has 1 aromatic heterocycles. The molecule has 0 saturated heterocycles. The molecule has 0 amide bonds. The number of hydrogen-bond donors (Lipinski definition) is 0. The Balaban J connectivity index is 2.41. The van der Waals surface area contributed by atoms with Gasteiger partial charge in [-0.2, -0.15) is 0 Å². The van der Waals surface area contributed by atoms with Crippen LogP contribution in [0.3, 0.4) is 0 Å². The van der Waals surface area contributed by atoms with Gasteiger partial charge in [-0.05, 0) is 23.6 Å². The SMILES string of the molecule is Fc1cc(Br)ccc1C(Cl)c1sccc1Cl. The molecule has 1 unspecified atom stereocenters. The van der Waals surface area contributed by atoms with Crippen LogP contribution in [0.4, 0.5) is 4.39 Å². The van der Waals surface area contributed by atoms with E-state index in [0.717, 1.165) is 4.88 Å². The van der Waals surface area contributed by atoms with E-state index in [4.69, 9.17) is 23.2 Å². The van der Waals surface area contributed by atoms with E-state index in [0.29, 0.717) is 15.1 Å². The van der Waals surface area contributed by atoms with E-state index in [9.17, 15) is 4.39 Å². The number of rotatable bonds is 2. The maximum Gasteiger partial charge on any atom is 0.129 e. The van der Waals surface area contributed by atoms with Gasteiger partial charge in [0.15, 0.2) is 0 Å². The van der Waals surface area contributed by atoms with Crippen LogP contribution >= 0.6 is 50.5 Å². The molecule has 1 heterocycles. The summed E-state index contributed by atoms with van der Waals surface area (Å²) in [6, 6.07) is 6.57. The highest BCUT2D eigenvalue weighted by atomic mass is 79.9. The van der Waals surface area contributed by atoms with E-state index < -0.39 is 5.38 Å². The smallest absolute Gasteiger partial charge is 0.129 e. The first kappa shape index (κ1) is 12.4. The summed E-state index contributed by atoms with van der Waals surface area (Å²) in [5.74, 6) is -0.334. The molecule has 5 heteroatoms. The Labute approximate surface area is 115 Å². The lowest BCUT2D eigenvalue weighted by molar-refractivity contribution is 0.612. The quantitative estimate of drug-likeness (QED) is 0.622. The van der Waals surface area contributed by atoms with Crippen molar-refractivity contribution in [1.29, 1.82) is 0 Å². The van der Waals surface area contributed by atoms with Crippen molar-refractivity contribution in [3.63, 3.8) is 0 Å². The van der Waals surface area contributed by atoms with Gasteiger partial charge in [-0.15, -0.1) is 22.9 Å². The maximum absolute atomic E-state index is 13.7. The van der Waals surface area contributed by atoms with Crippen molar-refractivity contribution in [2.45, 2.75) is 5.38 Å². The second-order valence-corrected chi connectivity index (χ2v) is 5.87. The van der Waals surface area contributed by atoms with Crippen LogP contribution < -0.4 is 0 Å². The van der Waals surface area contributed by atoms with Gasteiger partial charge in [0.2, 0.25) is 0 Å². The van der Waals surface area contributed by atoms with Gasteiger partial charge in [0.25, 0.3) is 0 Å². The van der Waals surface area contributed by atoms with Crippen LogP contribution in [0.2, 0.25) is 5.02 Å². The summed E-state index contributed by atoms with van der Waals surface area (Å²) in [4.78, 5) is 0.768. The Hall–Kier alpha value is -0.0900. The van der Waals surface area contributed by atoms with Crippen LogP contribution in [0.5, 0.6) is 0 Å². The first-order chi connectivity index (χ1) is 7.59. The summed E-state index contributed by atoms with van der Waals surface area (Å²) < 4.78 is 14.4. The van der Waals surface area contributed by atoms with Crippen LogP contribution in [0.1, 0.15) is 15.8 Å². The van der Waals surface area contributed by atoms with E-state index in [1.54, 1.807) is 18.2 Å². The molecule has 0 aliphatic carbocycles. The minimum Gasteiger partial charge on any atom is -0.207 e. The molecule has 0 aliphatic heterocycles. The minimum absolute atomic E-state index is 0.334. The van der Waals surface area contributed by atoms with Crippen molar-refractivity contribution >= 4 is 50.5 Å². The van der Waals surface area contributed by atoms with E-state index in [1.165, 1.54) is 17.4 Å². The molecule has 0 spiro atoms. The molecule has 84 valence electrons. The van der Waals surface area contributed by atoms with Gasteiger partial charge in [-0.25, -0.2) is 4.39 Å². The zero-order chi connectivity index (χ0) is 11.7. The predicted molar refractivity (Wildman–Crippen MR) is 71.1 cm³/mol. The molecule has 0 aliphatic rings. The third-order valence-electron chi connectivity index (χ3n) is 2.11. The Kier molecular flexibility index (Phi) is 3.90. The second kappa shape index (κ2) is 5.05. The standard InChI is InChI=1S/C11H6BrCl2FS/c12-6-1-2-7(9(15)5-6)10(14)11-8(13)3-4-16-11/h1-5,10H. The van der Waals surface area contributed by atoms with Crippen molar-refractivity contribution in [2.75, 3.05) is 0 Å². The molecular weight excluding hydrogens is 334 g/mol. The van der Waals surface area contributed by atoms with Crippen LogP contribution in [0.25, 0.3) is 0 Å². The summed E-state index contributed by atoms with van der Waals surface area (Å²) >= 11 is 16.8. The fourth-order valence-electron chi connectivity index (χ4n) is 1.33. The molecule has 2 aromatic rings. The van der Waals surface area contributed by atoms with Crippen molar-refractivity contribution in [1.82, 2.24) is 0 Å². The fourth-order valence-corrected chi connectivity index (χ4v) is 3.33. The first-order valence-corrected chi connectivity index (χ1v) is 6.90. The van der Waals surface area contributed by atoms with Gasteiger partial charge in [-0.1, -0.05) is 33.6 Å². The molecule has 2 rings (SSSR count). The van der Waals surface area contributed by atoms with E-state index in [1.807, 2.05) is 5.38 Å². The highest BCUT2D eigenvalue weighted by molar-refractivity contribution is 9.10. The van der Waals surface area contributed by atoms with Crippen molar-refractivity contribution in [3.8, 4) is 0 Å². The average Bonchev–Trinajstić information content (AvgIpc) is 2.63. The molecule has 0 bridgehead atoms. The molecule has 0 radical (unpaired) electrons. The van der Waals surface area contributed by atoms with Crippen molar-refractivity contribution < 1.29 is 4.39 Å². The van der Waals surface area contributed by atoms with Gasteiger partial charge in [0.1, 0.15) is 5.82 Å². The van der Waals surface area contributed by atoms with Crippen LogP contribution in [0, 0.1) is 5.82 Å². The van der Waals surface area contributed by atoms with Crippen LogP contribution in [0.15, 0.2) is 34.1 Å². The monoisotopic (exact) mass is 338 g/mol. The third kappa shape index (κ3) is 2.43. The summed E-state index contributed by atoms with van der Waals surface area (Å²) in [6.45, 7) is 0. The highest BCUT2D eigenvalue weighted by Crippen LogP contribution is 2.38. The number of halogens is 4. The zero-order valence-electron chi connectivity index (χ0n) is 7.88. The van der Waals surface area contributed by atoms with Gasteiger partial charge in [0.05, 0.1) is 10.4 Å². The lowest BCUT2D eigenvalue weighted by Gasteiger charge is -2.10. The van der Waals surface area contributed by atoms with E-state index >= 15 is 0 Å². The number of alkyl halides is 1. The molecule has 16 heavy (non-hydrogen) atoms. The van der Waals surface area contributed by atoms with Crippen LogP contribution in [-0.2, 0) is 0 Å². The van der Waals surface area contributed by atoms with Gasteiger partial charge < -0.3 is 0 Å². The molecule has 0 saturated carbocycles. The van der Waals surface area contributed by atoms with Crippen LogP contribution in [-0.4, -0.2) is 0 Å². The Bertz CT molecular complexity index is 512. The molecule has 0 nitrogen and oxygen atoms in total. The lowest BCUT2D eigenvalue weighted by atomic mass is 10.1. The lowest BCUT2D eigenvalue weighted by Crippen LogP contribution is -1.95. The Morgan fingerprint density at radius 1 is 1.31 bits per heavy atom. The van der Waals surface area contributed by atoms with Crippen molar-refractivity contribution in [2.24, 2.45) is 0 Å². The Morgan fingerprint density at radius 3 is 2.62 bits per heavy atom. The number of hydrogen-bond acceptors (Lipinski definition) is 1. The topological polar surface area (TPSA) is 0 Å². The maximum atomic E-state index is 13.7. The largest absolute Gasteiger partial charge is 0.207 e. The Morgan fingerprint density at radius 2 is 2.06 bits per heavy atom. The fraction of sp³-hybridized carbons (Fsp3) is 0.0909. The van der Waals surface area contributed by atoms with Gasteiger partial charge in [0, 0.05) is 14.9 Å². The molecular formula is C11H6BrCl2FS. The number of benzene rings is 1. The highest BCUT2D eigenvalue weighted by Gasteiger charge is 2.19. The molecule has 1 atom stereocenters. The molecule has 1 aromatic carbocycles. The molecule has 0 N–H and O–H groups in total. The predicted octanol–water partition coefficient (Wildman–Crippen LogP) is 5.63. The summed E-state index contributed by atoms with van der Waals surface area (Å²) in [7, 11) is 0. The molecule has 0 fully saturated rings. The van der Waals surface area contributed by atoms with E-state index in [2.05, 4.69) is 15.9 Å². The van der Waals surface area contributed by atoms with Crippen molar-refractivity contribution in [3.05, 3.63) is 55.4 Å². The minimum atomic E-state index is -0.541. The zero-order valence-corrected chi connectivity index (χ0v) is 11.8. The van der Waals surface area contributed by atoms with E-state index in [-0.39, 0.29) is 5.82 Å². The number of thiophene rings is 1. The second-order valence-electron chi connectivity index (χ2n) is 3.16.